The SMILES string of the molecule is COc1ccc(C)cc1NC(=O)CC1Sc2ccccc2NC1=O. The molecule has 0 bridgehead atoms. The van der Waals surface area contributed by atoms with Crippen LogP contribution in [0.3, 0.4) is 0 Å². The Morgan fingerprint density at radius 1 is 1.29 bits per heavy atom. The lowest BCUT2D eigenvalue weighted by Crippen LogP contribution is -2.32. The van der Waals surface area contributed by atoms with Crippen LogP contribution in [0.1, 0.15) is 12.0 Å². The molecular formula is C18H18N2O3S. The van der Waals surface area contributed by atoms with Gasteiger partial charge in [0.1, 0.15) is 5.75 Å². The number of fused-ring (bicyclic) bond motifs is 1. The van der Waals surface area contributed by atoms with Crippen molar-refractivity contribution in [2.45, 2.75) is 23.5 Å². The van der Waals surface area contributed by atoms with Gasteiger partial charge in [-0.15, -0.1) is 11.8 Å². The molecule has 0 radical (unpaired) electrons. The monoisotopic (exact) mass is 342 g/mol. The summed E-state index contributed by atoms with van der Waals surface area (Å²) in [6.07, 6.45) is 0.0991. The molecule has 1 aliphatic heterocycles. The van der Waals surface area contributed by atoms with Crippen LogP contribution < -0.4 is 15.4 Å². The minimum atomic E-state index is -0.448. The van der Waals surface area contributed by atoms with Crippen LogP contribution in [-0.2, 0) is 9.59 Å². The molecule has 124 valence electrons. The van der Waals surface area contributed by atoms with Gasteiger partial charge in [-0.05, 0) is 36.8 Å². The van der Waals surface area contributed by atoms with Gasteiger partial charge in [-0.2, -0.15) is 0 Å². The van der Waals surface area contributed by atoms with Crippen LogP contribution in [0.4, 0.5) is 11.4 Å². The van der Waals surface area contributed by atoms with Gasteiger partial charge < -0.3 is 15.4 Å². The maximum atomic E-state index is 12.4. The van der Waals surface area contributed by atoms with E-state index < -0.39 is 5.25 Å². The first-order chi connectivity index (χ1) is 11.6. The van der Waals surface area contributed by atoms with E-state index in [0.717, 1.165) is 16.1 Å². The molecule has 1 unspecified atom stereocenters. The fourth-order valence-electron chi connectivity index (χ4n) is 2.52. The molecule has 2 aromatic rings. The zero-order chi connectivity index (χ0) is 17.1. The van der Waals surface area contributed by atoms with Gasteiger partial charge in [-0.3, -0.25) is 9.59 Å². The zero-order valence-corrected chi connectivity index (χ0v) is 14.3. The van der Waals surface area contributed by atoms with Gasteiger partial charge in [-0.1, -0.05) is 18.2 Å². The fourth-order valence-corrected chi connectivity index (χ4v) is 3.63. The molecule has 3 rings (SSSR count). The normalized spacial score (nSPS) is 16.1. The molecule has 6 heteroatoms. The molecule has 0 saturated heterocycles. The van der Waals surface area contributed by atoms with Crippen molar-refractivity contribution in [1.29, 1.82) is 0 Å². The van der Waals surface area contributed by atoms with E-state index in [9.17, 15) is 9.59 Å². The Morgan fingerprint density at radius 3 is 2.88 bits per heavy atom. The van der Waals surface area contributed by atoms with E-state index in [4.69, 9.17) is 4.74 Å². The number of ether oxygens (including phenoxy) is 1. The third kappa shape index (κ3) is 3.54. The van der Waals surface area contributed by atoms with E-state index in [1.54, 1.807) is 7.11 Å². The van der Waals surface area contributed by atoms with E-state index in [-0.39, 0.29) is 18.2 Å². The quantitative estimate of drug-likeness (QED) is 0.893. The second kappa shape index (κ2) is 6.97. The lowest BCUT2D eigenvalue weighted by Gasteiger charge is -2.23. The van der Waals surface area contributed by atoms with Gasteiger partial charge in [0, 0.05) is 11.3 Å². The molecule has 0 aromatic heterocycles. The average molecular weight is 342 g/mol. The summed E-state index contributed by atoms with van der Waals surface area (Å²) in [5.41, 5.74) is 2.43. The standard InChI is InChI=1S/C18H18N2O3S/c1-11-7-8-14(23-2)13(9-11)19-17(21)10-16-18(22)20-12-5-3-4-6-15(12)24-16/h3-9,16H,10H2,1-2H3,(H,19,21)(H,20,22). The van der Waals surface area contributed by atoms with Crippen LogP contribution in [0.5, 0.6) is 5.75 Å². The first-order valence-electron chi connectivity index (χ1n) is 7.58. The van der Waals surface area contributed by atoms with Crippen LogP contribution in [0.25, 0.3) is 0 Å². The smallest absolute Gasteiger partial charge is 0.238 e. The number of carbonyl (C=O) groups excluding carboxylic acids is 2. The molecule has 2 amide bonds. The zero-order valence-electron chi connectivity index (χ0n) is 13.5. The summed E-state index contributed by atoms with van der Waals surface area (Å²) in [6, 6.07) is 13.1. The Hall–Kier alpha value is -2.47. The molecule has 5 nitrogen and oxygen atoms in total. The summed E-state index contributed by atoms with van der Waals surface area (Å²) in [7, 11) is 1.56. The second-order valence-corrected chi connectivity index (χ2v) is 6.79. The van der Waals surface area contributed by atoms with Crippen LogP contribution in [0, 0.1) is 6.92 Å². The summed E-state index contributed by atoms with van der Waals surface area (Å²) >= 11 is 1.41. The van der Waals surface area contributed by atoms with E-state index >= 15 is 0 Å². The Bertz CT molecular complexity index is 792. The number of methoxy groups -OCH3 is 1. The number of carbonyl (C=O) groups is 2. The molecular weight excluding hydrogens is 324 g/mol. The molecule has 2 N–H and O–H groups in total. The number of hydrogen-bond donors (Lipinski definition) is 2. The number of amides is 2. The van der Waals surface area contributed by atoms with Crippen molar-refractivity contribution in [3.63, 3.8) is 0 Å². The summed E-state index contributed by atoms with van der Waals surface area (Å²) in [4.78, 5) is 25.5. The van der Waals surface area contributed by atoms with Gasteiger partial charge in [0.25, 0.3) is 0 Å². The number of anilines is 2. The Labute approximate surface area is 144 Å². The molecule has 2 aromatic carbocycles. The van der Waals surface area contributed by atoms with Crippen molar-refractivity contribution in [1.82, 2.24) is 0 Å². The van der Waals surface area contributed by atoms with Crippen LogP contribution in [0.15, 0.2) is 47.4 Å². The Balaban J connectivity index is 1.70. The topological polar surface area (TPSA) is 67.4 Å². The molecule has 0 spiro atoms. The third-order valence-electron chi connectivity index (χ3n) is 3.71. The van der Waals surface area contributed by atoms with Crippen LogP contribution in [-0.4, -0.2) is 24.2 Å². The number of benzene rings is 2. The number of nitrogens with one attached hydrogen (secondary N) is 2. The molecule has 0 fully saturated rings. The maximum absolute atomic E-state index is 12.4. The number of para-hydroxylation sites is 1. The number of aryl methyl sites for hydroxylation is 1. The van der Waals surface area contributed by atoms with Crippen molar-refractivity contribution < 1.29 is 14.3 Å². The van der Waals surface area contributed by atoms with E-state index in [1.165, 1.54) is 11.8 Å². The predicted molar refractivity (Wildman–Crippen MR) is 95.7 cm³/mol. The number of thioether (sulfide) groups is 1. The molecule has 1 heterocycles. The highest BCUT2D eigenvalue weighted by Crippen LogP contribution is 2.36. The van der Waals surface area contributed by atoms with Crippen molar-refractivity contribution in [2.75, 3.05) is 17.7 Å². The summed E-state index contributed by atoms with van der Waals surface area (Å²) in [5.74, 6) is 0.232. The Morgan fingerprint density at radius 2 is 2.08 bits per heavy atom. The average Bonchev–Trinajstić information content (AvgIpc) is 2.55. The third-order valence-corrected chi connectivity index (χ3v) is 4.98. The van der Waals surface area contributed by atoms with Gasteiger partial charge in [0.05, 0.1) is 23.7 Å². The first kappa shape index (κ1) is 16.4. The molecule has 1 aliphatic rings. The van der Waals surface area contributed by atoms with Gasteiger partial charge in [0.15, 0.2) is 0 Å². The highest BCUT2D eigenvalue weighted by atomic mass is 32.2. The van der Waals surface area contributed by atoms with Crippen molar-refractivity contribution in [3.05, 3.63) is 48.0 Å². The van der Waals surface area contributed by atoms with Crippen molar-refractivity contribution >= 4 is 35.0 Å². The lowest BCUT2D eigenvalue weighted by atomic mass is 10.2. The second-order valence-electron chi connectivity index (χ2n) is 5.55. The first-order valence-corrected chi connectivity index (χ1v) is 8.46. The van der Waals surface area contributed by atoms with Crippen LogP contribution >= 0.6 is 11.8 Å². The number of rotatable bonds is 4. The van der Waals surface area contributed by atoms with E-state index in [1.807, 2.05) is 49.4 Å². The fraction of sp³-hybridized carbons (Fsp3) is 0.222. The number of hydrogen-bond acceptors (Lipinski definition) is 4. The largest absolute Gasteiger partial charge is 0.495 e. The highest BCUT2D eigenvalue weighted by Gasteiger charge is 2.29. The molecule has 1 atom stereocenters. The minimum absolute atomic E-state index is 0.0991. The van der Waals surface area contributed by atoms with E-state index in [0.29, 0.717) is 11.4 Å². The predicted octanol–water partition coefficient (Wildman–Crippen LogP) is 3.45. The molecule has 0 aliphatic carbocycles. The summed E-state index contributed by atoms with van der Waals surface area (Å²) < 4.78 is 5.26. The molecule has 0 saturated carbocycles. The molecule has 24 heavy (non-hydrogen) atoms. The highest BCUT2D eigenvalue weighted by molar-refractivity contribution is 8.01. The lowest BCUT2D eigenvalue weighted by molar-refractivity contribution is -0.120. The minimum Gasteiger partial charge on any atom is -0.495 e. The van der Waals surface area contributed by atoms with Crippen molar-refractivity contribution in [2.24, 2.45) is 0 Å². The van der Waals surface area contributed by atoms with Gasteiger partial charge in [-0.25, -0.2) is 0 Å². The van der Waals surface area contributed by atoms with E-state index in [2.05, 4.69) is 10.6 Å². The summed E-state index contributed by atoms with van der Waals surface area (Å²) in [5, 5.41) is 5.23. The summed E-state index contributed by atoms with van der Waals surface area (Å²) in [6.45, 7) is 1.94. The maximum Gasteiger partial charge on any atom is 0.238 e. The van der Waals surface area contributed by atoms with Crippen LogP contribution in [0.2, 0.25) is 0 Å². The Kier molecular flexibility index (Phi) is 4.76. The van der Waals surface area contributed by atoms with Gasteiger partial charge >= 0.3 is 0 Å². The van der Waals surface area contributed by atoms with Crippen molar-refractivity contribution in [3.8, 4) is 5.75 Å². The van der Waals surface area contributed by atoms with Gasteiger partial charge in [0.2, 0.25) is 11.8 Å².